The number of nitriles is 3. The van der Waals surface area contributed by atoms with Crippen LogP contribution < -0.4 is 0 Å². The maximum absolute atomic E-state index is 8.61. The molecule has 12 heavy (non-hydrogen) atoms. The van der Waals surface area contributed by atoms with Crippen molar-refractivity contribution in [1.29, 1.82) is 15.8 Å². The van der Waals surface area contributed by atoms with Gasteiger partial charge in [0.25, 0.3) is 0 Å². The average Bonchev–Trinajstić information content (AvgIpc) is 2.16. The van der Waals surface area contributed by atoms with Gasteiger partial charge in [0.2, 0.25) is 0 Å². The second-order valence-electron chi connectivity index (χ2n) is 2.06. The van der Waals surface area contributed by atoms with E-state index < -0.39 is 0 Å². The molecule has 0 fully saturated rings. The number of nitrogens with zero attached hydrogens (tertiary/aromatic N) is 3. The zero-order valence-electron chi connectivity index (χ0n) is 6.07. The van der Waals surface area contributed by atoms with E-state index in [0.717, 1.165) is 0 Å². The molecule has 0 saturated carbocycles. The molecule has 0 bridgehead atoms. The molecule has 0 radical (unpaired) electrons. The van der Waals surface area contributed by atoms with Gasteiger partial charge in [0, 0.05) is 0 Å². The summed E-state index contributed by atoms with van der Waals surface area (Å²) in [7, 11) is 0. The molecule has 0 aliphatic heterocycles. The first-order valence-electron chi connectivity index (χ1n) is 3.16. The smallest absolute Gasteiger partial charge is 0.102 e. The fourth-order valence-corrected chi connectivity index (χ4v) is 0.859. The van der Waals surface area contributed by atoms with Crippen LogP contribution in [-0.4, -0.2) is 0 Å². The van der Waals surface area contributed by atoms with Crippen molar-refractivity contribution in [3.8, 4) is 18.2 Å². The third-order valence-electron chi connectivity index (χ3n) is 1.42. The molecule has 0 unspecified atom stereocenters. The summed E-state index contributed by atoms with van der Waals surface area (Å²) < 4.78 is 0. The van der Waals surface area contributed by atoms with Crippen LogP contribution in [0.5, 0.6) is 0 Å². The zero-order chi connectivity index (χ0) is 8.97. The summed E-state index contributed by atoms with van der Waals surface area (Å²) in [6, 6.07) is 10.1. The quantitative estimate of drug-likeness (QED) is 0.563. The molecule has 1 aromatic carbocycles. The number of hydrogen-bond donors (Lipinski definition) is 0. The average molecular weight is 153 g/mol. The highest BCUT2D eigenvalue weighted by Crippen LogP contribution is 2.11. The van der Waals surface area contributed by atoms with Gasteiger partial charge in [-0.15, -0.1) is 0 Å². The highest BCUT2D eigenvalue weighted by atomic mass is 14.3. The Hall–Kier alpha value is -2.31. The van der Waals surface area contributed by atoms with Crippen LogP contribution in [0.4, 0.5) is 0 Å². The Morgan fingerprint density at radius 2 is 1.33 bits per heavy atom. The minimum absolute atomic E-state index is 0.155. The van der Waals surface area contributed by atoms with Crippen molar-refractivity contribution >= 4 is 0 Å². The third-order valence-corrected chi connectivity index (χ3v) is 1.42. The van der Waals surface area contributed by atoms with Gasteiger partial charge in [-0.3, -0.25) is 0 Å². The molecular weight excluding hydrogens is 150 g/mol. The molecule has 0 aliphatic rings. The van der Waals surface area contributed by atoms with E-state index in [1.54, 1.807) is 6.07 Å². The lowest BCUT2D eigenvalue weighted by atomic mass is 10.0. The summed E-state index contributed by atoms with van der Waals surface area (Å²) in [6.45, 7) is 0. The molecule has 0 N–H and O–H groups in total. The molecule has 0 spiro atoms. The Kier molecular flexibility index (Phi) is 2.07. The van der Waals surface area contributed by atoms with Crippen LogP contribution >= 0.6 is 0 Å². The van der Waals surface area contributed by atoms with Crippen LogP contribution in [0.3, 0.4) is 0 Å². The van der Waals surface area contributed by atoms with E-state index in [2.05, 4.69) is 0 Å². The Balaban J connectivity index is 3.51. The van der Waals surface area contributed by atoms with E-state index in [1.807, 2.05) is 18.2 Å². The molecule has 0 aromatic heterocycles. The molecule has 1 rings (SSSR count). The van der Waals surface area contributed by atoms with Crippen LogP contribution in [0.15, 0.2) is 18.2 Å². The first kappa shape index (κ1) is 7.79. The van der Waals surface area contributed by atoms with Crippen LogP contribution in [0.2, 0.25) is 0 Å². The van der Waals surface area contributed by atoms with E-state index in [4.69, 9.17) is 15.8 Å². The topological polar surface area (TPSA) is 71.4 Å². The van der Waals surface area contributed by atoms with Crippen molar-refractivity contribution in [3.63, 3.8) is 0 Å². The second-order valence-corrected chi connectivity index (χ2v) is 2.06. The van der Waals surface area contributed by atoms with Crippen molar-refractivity contribution in [2.24, 2.45) is 0 Å². The van der Waals surface area contributed by atoms with Gasteiger partial charge in [-0.25, -0.2) is 0 Å². The van der Waals surface area contributed by atoms with Gasteiger partial charge < -0.3 is 0 Å². The van der Waals surface area contributed by atoms with Crippen LogP contribution in [-0.2, 0) is 0 Å². The fraction of sp³-hybridized carbons (Fsp3) is 0. The largest absolute Gasteiger partial charge is 0.192 e. The first-order chi connectivity index (χ1) is 5.83. The predicted octanol–water partition coefficient (Wildman–Crippen LogP) is 1.30. The summed E-state index contributed by atoms with van der Waals surface area (Å²) in [5.74, 6) is 0. The van der Waals surface area contributed by atoms with Gasteiger partial charge in [-0.05, 0) is 12.1 Å². The highest BCUT2D eigenvalue weighted by molar-refractivity contribution is 5.54. The second kappa shape index (κ2) is 3.19. The maximum Gasteiger partial charge on any atom is 0.102 e. The van der Waals surface area contributed by atoms with Crippen LogP contribution in [0.25, 0.3) is 0 Å². The molecular formula is C9H3N3. The van der Waals surface area contributed by atoms with Gasteiger partial charge in [0.15, 0.2) is 0 Å². The summed E-state index contributed by atoms with van der Waals surface area (Å²) >= 11 is 0. The third kappa shape index (κ3) is 1.10. The Bertz CT molecular complexity index is 394. The Morgan fingerprint density at radius 1 is 0.833 bits per heavy atom. The highest BCUT2D eigenvalue weighted by Gasteiger charge is 2.05. The molecule has 3 nitrogen and oxygen atoms in total. The lowest BCUT2D eigenvalue weighted by Gasteiger charge is -1.93. The lowest BCUT2D eigenvalue weighted by Crippen LogP contribution is -1.87. The summed E-state index contributed by atoms with van der Waals surface area (Å²) in [5, 5.41) is 25.7. The van der Waals surface area contributed by atoms with Crippen molar-refractivity contribution < 1.29 is 0 Å². The van der Waals surface area contributed by atoms with Gasteiger partial charge in [0.1, 0.15) is 18.2 Å². The number of hydrogen-bond acceptors (Lipinski definition) is 3. The minimum atomic E-state index is 0.155. The minimum Gasteiger partial charge on any atom is -0.192 e. The van der Waals surface area contributed by atoms with Gasteiger partial charge in [-0.2, -0.15) is 15.8 Å². The SMILES string of the molecule is N#Cc1cccc(C#N)c1C#N. The lowest BCUT2D eigenvalue weighted by molar-refractivity contribution is 1.39. The van der Waals surface area contributed by atoms with Gasteiger partial charge in [0.05, 0.1) is 16.7 Å². The van der Waals surface area contributed by atoms with E-state index in [0.29, 0.717) is 0 Å². The molecule has 0 aliphatic carbocycles. The first-order valence-corrected chi connectivity index (χ1v) is 3.16. The molecule has 0 amide bonds. The Labute approximate surface area is 69.7 Å². The van der Waals surface area contributed by atoms with Crippen molar-refractivity contribution in [2.75, 3.05) is 0 Å². The van der Waals surface area contributed by atoms with E-state index in [9.17, 15) is 0 Å². The van der Waals surface area contributed by atoms with E-state index in [1.165, 1.54) is 12.1 Å². The van der Waals surface area contributed by atoms with Crippen LogP contribution in [0.1, 0.15) is 16.7 Å². The monoisotopic (exact) mass is 153 g/mol. The summed E-state index contributed by atoms with van der Waals surface area (Å²) in [6.07, 6.45) is 0. The van der Waals surface area contributed by atoms with Gasteiger partial charge >= 0.3 is 0 Å². The summed E-state index contributed by atoms with van der Waals surface area (Å²) in [5.41, 5.74) is 0.649. The number of benzene rings is 1. The number of rotatable bonds is 0. The fourth-order valence-electron chi connectivity index (χ4n) is 0.859. The van der Waals surface area contributed by atoms with E-state index in [-0.39, 0.29) is 16.7 Å². The van der Waals surface area contributed by atoms with Gasteiger partial charge in [-0.1, -0.05) is 6.07 Å². The standard InChI is InChI=1S/C9H3N3/c10-4-7-2-1-3-8(5-11)9(7)6-12/h1-3H. The molecule has 54 valence electrons. The van der Waals surface area contributed by atoms with Crippen LogP contribution in [0, 0.1) is 34.0 Å². The van der Waals surface area contributed by atoms with E-state index >= 15 is 0 Å². The maximum atomic E-state index is 8.61. The van der Waals surface area contributed by atoms with Crippen molar-refractivity contribution in [1.82, 2.24) is 0 Å². The normalized spacial score (nSPS) is 7.75. The molecule has 1 aromatic rings. The molecule has 0 heterocycles. The van der Waals surface area contributed by atoms with Crippen molar-refractivity contribution in [2.45, 2.75) is 0 Å². The predicted molar refractivity (Wildman–Crippen MR) is 40.6 cm³/mol. The van der Waals surface area contributed by atoms with Crippen molar-refractivity contribution in [3.05, 3.63) is 34.9 Å². The zero-order valence-corrected chi connectivity index (χ0v) is 6.07. The molecule has 3 heteroatoms. The Morgan fingerprint density at radius 3 is 1.67 bits per heavy atom. The molecule has 0 atom stereocenters. The molecule has 0 saturated heterocycles. The summed E-state index contributed by atoms with van der Waals surface area (Å²) in [4.78, 5) is 0.